The lowest BCUT2D eigenvalue weighted by Crippen LogP contribution is -2.42. The van der Waals surface area contributed by atoms with Crippen LogP contribution >= 0.6 is 0 Å². The fourth-order valence-corrected chi connectivity index (χ4v) is 2.53. The van der Waals surface area contributed by atoms with E-state index in [1.54, 1.807) is 6.07 Å². The Morgan fingerprint density at radius 2 is 1.84 bits per heavy atom. The van der Waals surface area contributed by atoms with Gasteiger partial charge in [-0.3, -0.25) is 0 Å². The standard InChI is InChI=1S/C16H28N2O/c1-6-14(13-9-7-8-10-16(13)19)17-11-15(12(2)3)18(4)5/h7-10,12,14-15,17,19H,6,11H2,1-5H3. The molecule has 1 rings (SSSR count). The molecular formula is C16H28N2O. The molecule has 0 aliphatic rings. The number of phenols is 1. The Kier molecular flexibility index (Phi) is 6.32. The first-order valence-corrected chi connectivity index (χ1v) is 7.15. The molecule has 3 nitrogen and oxygen atoms in total. The molecular weight excluding hydrogens is 236 g/mol. The Morgan fingerprint density at radius 1 is 1.21 bits per heavy atom. The second-order valence-corrected chi connectivity index (χ2v) is 5.70. The largest absolute Gasteiger partial charge is 0.508 e. The average molecular weight is 264 g/mol. The van der Waals surface area contributed by atoms with E-state index in [1.807, 2.05) is 18.2 Å². The summed E-state index contributed by atoms with van der Waals surface area (Å²) in [4.78, 5) is 2.26. The van der Waals surface area contributed by atoms with Crippen LogP contribution in [0.25, 0.3) is 0 Å². The van der Waals surface area contributed by atoms with Crippen LogP contribution in [0.4, 0.5) is 0 Å². The summed E-state index contributed by atoms with van der Waals surface area (Å²) >= 11 is 0. The van der Waals surface area contributed by atoms with Crippen molar-refractivity contribution in [3.05, 3.63) is 29.8 Å². The van der Waals surface area contributed by atoms with Gasteiger partial charge in [0.05, 0.1) is 0 Å². The zero-order chi connectivity index (χ0) is 14.4. The molecule has 0 amide bonds. The topological polar surface area (TPSA) is 35.5 Å². The predicted molar refractivity (Wildman–Crippen MR) is 81.5 cm³/mol. The van der Waals surface area contributed by atoms with Gasteiger partial charge in [-0.2, -0.15) is 0 Å². The van der Waals surface area contributed by atoms with Crippen LogP contribution in [-0.2, 0) is 0 Å². The number of aromatic hydroxyl groups is 1. The molecule has 19 heavy (non-hydrogen) atoms. The van der Waals surface area contributed by atoms with Crippen LogP contribution in [0.1, 0.15) is 38.8 Å². The highest BCUT2D eigenvalue weighted by Gasteiger charge is 2.19. The maximum Gasteiger partial charge on any atom is 0.120 e. The van der Waals surface area contributed by atoms with Crippen molar-refractivity contribution in [1.29, 1.82) is 0 Å². The van der Waals surface area contributed by atoms with Crippen molar-refractivity contribution in [2.75, 3.05) is 20.6 Å². The van der Waals surface area contributed by atoms with Crippen molar-refractivity contribution in [2.45, 2.75) is 39.3 Å². The third-order valence-electron chi connectivity index (χ3n) is 3.73. The van der Waals surface area contributed by atoms with Crippen molar-refractivity contribution in [3.8, 4) is 5.75 Å². The van der Waals surface area contributed by atoms with Gasteiger partial charge in [0.1, 0.15) is 5.75 Å². The molecule has 0 heterocycles. The number of nitrogens with one attached hydrogen (secondary N) is 1. The molecule has 108 valence electrons. The lowest BCUT2D eigenvalue weighted by molar-refractivity contribution is 0.217. The van der Waals surface area contributed by atoms with E-state index < -0.39 is 0 Å². The summed E-state index contributed by atoms with van der Waals surface area (Å²) < 4.78 is 0. The number of likely N-dealkylation sites (N-methyl/N-ethyl adjacent to an activating group) is 1. The molecule has 1 aromatic carbocycles. The molecule has 0 fully saturated rings. The first kappa shape index (κ1) is 16.0. The van der Waals surface area contributed by atoms with E-state index in [-0.39, 0.29) is 6.04 Å². The molecule has 0 spiro atoms. The molecule has 0 saturated carbocycles. The minimum Gasteiger partial charge on any atom is -0.508 e. The minimum atomic E-state index is 0.211. The molecule has 2 N–H and O–H groups in total. The Bertz CT molecular complexity index is 369. The number of benzene rings is 1. The van der Waals surface area contributed by atoms with E-state index in [4.69, 9.17) is 0 Å². The zero-order valence-electron chi connectivity index (χ0n) is 12.9. The number of hydrogen-bond acceptors (Lipinski definition) is 3. The Hall–Kier alpha value is -1.06. The highest BCUT2D eigenvalue weighted by atomic mass is 16.3. The van der Waals surface area contributed by atoms with Crippen molar-refractivity contribution in [2.24, 2.45) is 5.92 Å². The van der Waals surface area contributed by atoms with Crippen LogP contribution in [0.5, 0.6) is 5.75 Å². The first-order valence-electron chi connectivity index (χ1n) is 7.15. The molecule has 0 saturated heterocycles. The Labute approximate surface area is 117 Å². The first-order chi connectivity index (χ1) is 8.97. The smallest absolute Gasteiger partial charge is 0.120 e. The molecule has 0 aliphatic carbocycles. The lowest BCUT2D eigenvalue weighted by Gasteiger charge is -2.30. The van der Waals surface area contributed by atoms with Crippen molar-refractivity contribution < 1.29 is 5.11 Å². The predicted octanol–water partition coefficient (Wildman–Crippen LogP) is 3.02. The van der Waals surface area contributed by atoms with Gasteiger partial charge in [0.2, 0.25) is 0 Å². The number of rotatable bonds is 7. The van der Waals surface area contributed by atoms with Gasteiger partial charge in [0.15, 0.2) is 0 Å². The van der Waals surface area contributed by atoms with Crippen molar-refractivity contribution in [3.63, 3.8) is 0 Å². The third kappa shape index (κ3) is 4.51. The van der Waals surface area contributed by atoms with E-state index in [2.05, 4.69) is 45.1 Å². The Balaban J connectivity index is 2.70. The quantitative estimate of drug-likeness (QED) is 0.794. The highest BCUT2D eigenvalue weighted by Crippen LogP contribution is 2.25. The van der Waals surface area contributed by atoms with E-state index in [0.717, 1.165) is 18.5 Å². The van der Waals surface area contributed by atoms with Gasteiger partial charge < -0.3 is 15.3 Å². The summed E-state index contributed by atoms with van der Waals surface area (Å²) in [6.07, 6.45) is 0.968. The van der Waals surface area contributed by atoms with Gasteiger partial charge in [0, 0.05) is 24.2 Å². The maximum atomic E-state index is 9.95. The summed E-state index contributed by atoms with van der Waals surface area (Å²) in [5.41, 5.74) is 0.992. The SMILES string of the molecule is CCC(NCC(C(C)C)N(C)C)c1ccccc1O. The molecule has 0 bridgehead atoms. The number of para-hydroxylation sites is 1. The third-order valence-corrected chi connectivity index (χ3v) is 3.73. The summed E-state index contributed by atoms with van der Waals surface area (Å²) in [5, 5.41) is 13.5. The van der Waals surface area contributed by atoms with Gasteiger partial charge in [-0.05, 0) is 32.5 Å². The summed E-state index contributed by atoms with van der Waals surface area (Å²) in [6, 6.07) is 8.30. The number of nitrogens with zero attached hydrogens (tertiary/aromatic N) is 1. The van der Waals surface area contributed by atoms with E-state index in [9.17, 15) is 5.11 Å². The molecule has 3 heteroatoms. The van der Waals surface area contributed by atoms with E-state index >= 15 is 0 Å². The van der Waals surface area contributed by atoms with E-state index in [0.29, 0.717) is 17.7 Å². The van der Waals surface area contributed by atoms with Gasteiger partial charge in [-0.25, -0.2) is 0 Å². The molecule has 0 aromatic heterocycles. The van der Waals surface area contributed by atoms with Crippen LogP contribution in [0, 0.1) is 5.92 Å². The molecule has 2 atom stereocenters. The summed E-state index contributed by atoms with van der Waals surface area (Å²) in [5.74, 6) is 0.983. The summed E-state index contributed by atoms with van der Waals surface area (Å²) in [6.45, 7) is 7.56. The zero-order valence-corrected chi connectivity index (χ0v) is 12.9. The second kappa shape index (κ2) is 7.51. The normalized spacial score (nSPS) is 14.9. The number of phenolic OH excluding ortho intramolecular Hbond substituents is 1. The van der Waals surface area contributed by atoms with Crippen molar-refractivity contribution >= 4 is 0 Å². The number of hydrogen-bond donors (Lipinski definition) is 2. The van der Waals surface area contributed by atoms with Crippen LogP contribution in [0.2, 0.25) is 0 Å². The van der Waals surface area contributed by atoms with E-state index in [1.165, 1.54) is 0 Å². The van der Waals surface area contributed by atoms with Crippen LogP contribution in [-0.4, -0.2) is 36.7 Å². The van der Waals surface area contributed by atoms with Crippen molar-refractivity contribution in [1.82, 2.24) is 10.2 Å². The maximum absolute atomic E-state index is 9.95. The summed E-state index contributed by atoms with van der Waals surface area (Å²) in [7, 11) is 4.24. The highest BCUT2D eigenvalue weighted by molar-refractivity contribution is 5.34. The Morgan fingerprint density at radius 3 is 2.32 bits per heavy atom. The van der Waals surface area contributed by atoms with Crippen LogP contribution < -0.4 is 5.32 Å². The molecule has 0 aliphatic heterocycles. The minimum absolute atomic E-state index is 0.211. The fourth-order valence-electron chi connectivity index (χ4n) is 2.53. The van der Waals surface area contributed by atoms with Crippen LogP contribution in [0.15, 0.2) is 24.3 Å². The molecule has 0 radical (unpaired) electrons. The van der Waals surface area contributed by atoms with Gasteiger partial charge in [-0.1, -0.05) is 39.0 Å². The monoisotopic (exact) mass is 264 g/mol. The lowest BCUT2D eigenvalue weighted by atomic mass is 10.00. The van der Waals surface area contributed by atoms with Gasteiger partial charge >= 0.3 is 0 Å². The van der Waals surface area contributed by atoms with Gasteiger partial charge in [-0.15, -0.1) is 0 Å². The second-order valence-electron chi connectivity index (χ2n) is 5.70. The molecule has 2 unspecified atom stereocenters. The average Bonchev–Trinajstić information content (AvgIpc) is 2.35. The molecule has 1 aromatic rings. The van der Waals surface area contributed by atoms with Gasteiger partial charge in [0.25, 0.3) is 0 Å². The fraction of sp³-hybridized carbons (Fsp3) is 0.625. The van der Waals surface area contributed by atoms with Crippen LogP contribution in [0.3, 0.4) is 0 Å².